The summed E-state index contributed by atoms with van der Waals surface area (Å²) in [6.07, 6.45) is 3.50. The van der Waals surface area contributed by atoms with Crippen molar-refractivity contribution >= 4 is 23.8 Å². The Balaban J connectivity index is 2.18. The molecule has 0 fully saturated rings. The van der Waals surface area contributed by atoms with Gasteiger partial charge in [-0.05, 0) is 28.9 Å². The van der Waals surface area contributed by atoms with E-state index in [1.165, 1.54) is 0 Å². The highest BCUT2D eigenvalue weighted by Gasteiger charge is 1.97. The maximum absolute atomic E-state index is 5.63. The van der Waals surface area contributed by atoms with Gasteiger partial charge in [-0.1, -0.05) is 12.1 Å². The van der Waals surface area contributed by atoms with Crippen LogP contribution in [0.1, 0.15) is 11.5 Å². The highest BCUT2D eigenvalue weighted by Crippen LogP contribution is 2.10. The normalized spacial score (nSPS) is 10.9. The molecule has 0 saturated carbocycles. The van der Waals surface area contributed by atoms with Crippen LogP contribution in [0, 0.1) is 0 Å². The molecule has 1 heterocycles. The summed E-state index contributed by atoms with van der Waals surface area (Å²) in [6.45, 7) is 0. The zero-order chi connectivity index (χ0) is 10.7. The number of hydrogen-bond donors (Lipinski definition) is 2. The minimum Gasteiger partial charge on any atom is -0.399 e. The monoisotopic (exact) mass is 202 g/mol. The Morgan fingerprint density at radius 2 is 2.07 bits per heavy atom. The number of anilines is 2. The summed E-state index contributed by atoms with van der Waals surface area (Å²) in [7, 11) is 0. The Bertz CT molecular complexity index is 490. The highest BCUT2D eigenvalue weighted by atomic mass is 16.5. The van der Waals surface area contributed by atoms with E-state index in [9.17, 15) is 0 Å². The first-order chi connectivity index (χ1) is 7.24. The minimum absolute atomic E-state index is 0.127. The molecule has 0 atom stereocenters. The van der Waals surface area contributed by atoms with E-state index in [0.717, 1.165) is 5.56 Å². The zero-order valence-electron chi connectivity index (χ0n) is 7.92. The fraction of sp³-hybridized carbons (Fsp3) is 0. The third-order valence-corrected chi connectivity index (χ3v) is 1.79. The lowest BCUT2D eigenvalue weighted by Gasteiger charge is -1.93. The number of aromatic nitrogens is 2. The predicted octanol–water partition coefficient (Wildman–Crippen LogP) is 1.40. The molecule has 0 bridgehead atoms. The first kappa shape index (κ1) is 9.26. The molecule has 0 unspecified atom stereocenters. The van der Waals surface area contributed by atoms with Crippen LogP contribution in [-0.4, -0.2) is 10.1 Å². The second-order valence-electron chi connectivity index (χ2n) is 2.99. The quantitative estimate of drug-likeness (QED) is 0.718. The molecule has 4 N–H and O–H groups in total. The second-order valence-corrected chi connectivity index (χ2v) is 2.99. The summed E-state index contributed by atoms with van der Waals surface area (Å²) in [5, 5.41) is 3.46. The fourth-order valence-corrected chi connectivity index (χ4v) is 1.15. The number of hydrogen-bond acceptors (Lipinski definition) is 5. The lowest BCUT2D eigenvalue weighted by molar-refractivity contribution is 0.412. The molecule has 5 nitrogen and oxygen atoms in total. The van der Waals surface area contributed by atoms with E-state index in [-0.39, 0.29) is 5.95 Å². The molecule has 0 aliphatic rings. The van der Waals surface area contributed by atoms with Gasteiger partial charge in [0.15, 0.2) is 0 Å². The first-order valence-corrected chi connectivity index (χ1v) is 4.37. The standard InChI is InChI=1S/C10H10N4O/c11-8-3-1-2-7(6-8)4-5-9-13-10(12)14-15-9/h1-6H,11H2,(H2,12,14)/b5-4+. The Kier molecular flexibility index (Phi) is 2.37. The van der Waals surface area contributed by atoms with Gasteiger partial charge in [-0.25, -0.2) is 0 Å². The van der Waals surface area contributed by atoms with E-state index < -0.39 is 0 Å². The van der Waals surface area contributed by atoms with Crippen LogP contribution < -0.4 is 11.5 Å². The molecule has 2 rings (SSSR count). The van der Waals surface area contributed by atoms with E-state index in [2.05, 4.69) is 10.1 Å². The molecule has 15 heavy (non-hydrogen) atoms. The Morgan fingerprint density at radius 3 is 2.73 bits per heavy atom. The minimum atomic E-state index is 0.127. The van der Waals surface area contributed by atoms with Gasteiger partial charge in [0.2, 0.25) is 0 Å². The molecule has 0 saturated heterocycles. The van der Waals surface area contributed by atoms with Gasteiger partial charge in [0.05, 0.1) is 0 Å². The van der Waals surface area contributed by atoms with Crippen LogP contribution >= 0.6 is 0 Å². The molecule has 0 amide bonds. The molecule has 0 aliphatic heterocycles. The van der Waals surface area contributed by atoms with Crippen molar-refractivity contribution in [1.29, 1.82) is 0 Å². The van der Waals surface area contributed by atoms with Gasteiger partial charge in [0.1, 0.15) is 0 Å². The summed E-state index contributed by atoms with van der Waals surface area (Å²) >= 11 is 0. The summed E-state index contributed by atoms with van der Waals surface area (Å²) in [6, 6.07) is 7.46. The Hall–Kier alpha value is -2.30. The lowest BCUT2D eigenvalue weighted by atomic mass is 10.2. The van der Waals surface area contributed by atoms with Crippen molar-refractivity contribution in [3.63, 3.8) is 0 Å². The van der Waals surface area contributed by atoms with Crippen LogP contribution in [0.2, 0.25) is 0 Å². The third kappa shape index (κ3) is 2.34. The maximum Gasteiger partial charge on any atom is 0.261 e. The van der Waals surface area contributed by atoms with E-state index in [4.69, 9.17) is 16.0 Å². The van der Waals surface area contributed by atoms with E-state index in [1.807, 2.05) is 30.3 Å². The average Bonchev–Trinajstić information content (AvgIpc) is 2.62. The van der Waals surface area contributed by atoms with Gasteiger partial charge < -0.3 is 16.0 Å². The molecule has 0 radical (unpaired) electrons. The zero-order valence-corrected chi connectivity index (χ0v) is 7.92. The van der Waals surface area contributed by atoms with Crippen LogP contribution in [-0.2, 0) is 0 Å². The molecule has 2 aromatic rings. The summed E-state index contributed by atoms with van der Waals surface area (Å²) in [5.41, 5.74) is 12.6. The molecular formula is C10H10N4O. The summed E-state index contributed by atoms with van der Waals surface area (Å²) in [4.78, 5) is 3.83. The molecule has 5 heteroatoms. The molecule has 0 spiro atoms. The topological polar surface area (TPSA) is 91.0 Å². The Morgan fingerprint density at radius 1 is 1.20 bits per heavy atom. The van der Waals surface area contributed by atoms with E-state index in [1.54, 1.807) is 6.08 Å². The van der Waals surface area contributed by atoms with Crippen LogP contribution in [0.3, 0.4) is 0 Å². The van der Waals surface area contributed by atoms with Gasteiger partial charge in [-0.3, -0.25) is 0 Å². The van der Waals surface area contributed by atoms with Gasteiger partial charge >= 0.3 is 0 Å². The predicted molar refractivity (Wildman–Crippen MR) is 58.5 cm³/mol. The number of nitrogens with zero attached hydrogens (tertiary/aromatic N) is 2. The molecular weight excluding hydrogens is 192 g/mol. The van der Waals surface area contributed by atoms with Crippen molar-refractivity contribution in [2.75, 3.05) is 11.5 Å². The van der Waals surface area contributed by atoms with Crippen LogP contribution in [0.25, 0.3) is 12.2 Å². The van der Waals surface area contributed by atoms with Crippen LogP contribution in [0.5, 0.6) is 0 Å². The summed E-state index contributed by atoms with van der Waals surface area (Å²) in [5.74, 6) is 0.497. The van der Waals surface area contributed by atoms with Gasteiger partial charge in [-0.15, -0.1) is 0 Å². The molecule has 1 aromatic carbocycles. The lowest BCUT2D eigenvalue weighted by Crippen LogP contribution is -1.85. The van der Waals surface area contributed by atoms with Gasteiger partial charge in [-0.2, -0.15) is 4.98 Å². The maximum atomic E-state index is 5.63. The smallest absolute Gasteiger partial charge is 0.261 e. The van der Waals surface area contributed by atoms with E-state index >= 15 is 0 Å². The number of nitrogens with two attached hydrogens (primary N) is 2. The van der Waals surface area contributed by atoms with Crippen molar-refractivity contribution in [2.24, 2.45) is 0 Å². The van der Waals surface area contributed by atoms with Crippen molar-refractivity contribution in [3.8, 4) is 0 Å². The summed E-state index contributed by atoms with van der Waals surface area (Å²) < 4.78 is 4.81. The highest BCUT2D eigenvalue weighted by molar-refractivity contribution is 5.68. The van der Waals surface area contributed by atoms with Gasteiger partial charge in [0, 0.05) is 11.8 Å². The van der Waals surface area contributed by atoms with Crippen LogP contribution in [0.15, 0.2) is 28.8 Å². The van der Waals surface area contributed by atoms with Crippen molar-refractivity contribution in [2.45, 2.75) is 0 Å². The molecule has 0 aliphatic carbocycles. The van der Waals surface area contributed by atoms with Crippen LogP contribution in [0.4, 0.5) is 11.6 Å². The molecule has 1 aromatic heterocycles. The SMILES string of the molecule is Nc1cccc(/C=C/c2nc(N)no2)c1. The molecule has 76 valence electrons. The van der Waals surface area contributed by atoms with Crippen molar-refractivity contribution in [1.82, 2.24) is 10.1 Å². The van der Waals surface area contributed by atoms with Crippen molar-refractivity contribution in [3.05, 3.63) is 35.7 Å². The number of rotatable bonds is 2. The second kappa shape index (κ2) is 3.83. The number of benzene rings is 1. The number of nitrogen functional groups attached to an aromatic ring is 2. The largest absolute Gasteiger partial charge is 0.399 e. The van der Waals surface area contributed by atoms with Gasteiger partial charge in [0.25, 0.3) is 11.8 Å². The average molecular weight is 202 g/mol. The van der Waals surface area contributed by atoms with E-state index in [0.29, 0.717) is 11.6 Å². The fourth-order valence-electron chi connectivity index (χ4n) is 1.15. The van der Waals surface area contributed by atoms with Crippen molar-refractivity contribution < 1.29 is 4.52 Å². The third-order valence-electron chi connectivity index (χ3n) is 1.79. The first-order valence-electron chi connectivity index (χ1n) is 4.37. The Labute approximate surface area is 86.4 Å².